The molecule has 1 saturated carbocycles. The number of rotatable bonds is 5. The van der Waals surface area contributed by atoms with Crippen LogP contribution in [0.2, 0.25) is 0 Å². The summed E-state index contributed by atoms with van der Waals surface area (Å²) < 4.78 is -0.571. The van der Waals surface area contributed by atoms with Crippen molar-refractivity contribution in [3.63, 3.8) is 0 Å². The summed E-state index contributed by atoms with van der Waals surface area (Å²) in [4.78, 5) is 20.0. The molecule has 0 bridgehead atoms. The lowest BCUT2D eigenvalue weighted by Crippen LogP contribution is -2.34. The van der Waals surface area contributed by atoms with Gasteiger partial charge >= 0.3 is 6.03 Å². The second kappa shape index (κ2) is 7.90. The van der Waals surface area contributed by atoms with Crippen molar-refractivity contribution in [1.29, 1.82) is 0 Å². The number of benzene rings is 1. The van der Waals surface area contributed by atoms with Crippen molar-refractivity contribution in [2.45, 2.75) is 34.5 Å². The molecule has 4 rings (SSSR count). The number of para-hydroxylation sites is 1. The Labute approximate surface area is 173 Å². The van der Waals surface area contributed by atoms with Gasteiger partial charge in [-0.25, -0.2) is 4.79 Å². The number of likely N-dealkylation sites (tertiary alicyclic amines) is 1. The van der Waals surface area contributed by atoms with Crippen LogP contribution in [0.5, 0.6) is 0 Å². The van der Waals surface area contributed by atoms with Crippen LogP contribution in [-0.4, -0.2) is 32.5 Å². The molecule has 1 aromatic carbocycles. The summed E-state index contributed by atoms with van der Waals surface area (Å²) in [6.45, 7) is 0.761. The van der Waals surface area contributed by atoms with Crippen LogP contribution in [0.25, 0.3) is 0 Å². The average molecular weight is 422 g/mol. The molecule has 1 N–H and O–H groups in total. The fraction of sp³-hybridized carbons (Fsp3) is 0.400. The lowest BCUT2D eigenvalue weighted by Gasteiger charge is -2.25. The summed E-state index contributed by atoms with van der Waals surface area (Å²) in [5, 5.41) is 3.10. The highest BCUT2D eigenvalue weighted by molar-refractivity contribution is 7.99. The van der Waals surface area contributed by atoms with Crippen molar-refractivity contribution in [2.24, 2.45) is 5.92 Å². The van der Waals surface area contributed by atoms with Crippen molar-refractivity contribution in [3.05, 3.63) is 54.4 Å². The number of aromatic nitrogens is 1. The number of carbonyl (C=O) groups is 1. The maximum atomic E-state index is 13.0. The summed E-state index contributed by atoms with van der Waals surface area (Å²) in [5.74, 6) is 1.16. The highest BCUT2D eigenvalue weighted by Crippen LogP contribution is 2.55. The van der Waals surface area contributed by atoms with Crippen molar-refractivity contribution in [2.75, 3.05) is 17.6 Å². The minimum atomic E-state index is -0.571. The van der Waals surface area contributed by atoms with Gasteiger partial charge in [0.15, 0.2) is 0 Å². The third kappa shape index (κ3) is 4.36. The first-order valence-corrected chi connectivity index (χ1v) is 10.9. The number of hydrogen-bond donors (Lipinski definition) is 1. The van der Waals surface area contributed by atoms with Crippen LogP contribution >= 0.6 is 35.0 Å². The molecule has 142 valence electrons. The molecule has 2 aliphatic rings. The molecule has 2 fully saturated rings. The first-order valence-electron chi connectivity index (χ1n) is 9.12. The number of anilines is 1. The normalized spacial score (nSPS) is 23.3. The Kier molecular flexibility index (Phi) is 5.53. The third-order valence-electron chi connectivity index (χ3n) is 5.13. The molecule has 1 aliphatic carbocycles. The average Bonchev–Trinajstić information content (AvgIpc) is 3.07. The van der Waals surface area contributed by atoms with E-state index in [2.05, 4.69) is 10.3 Å². The maximum absolute atomic E-state index is 13.0. The second-order valence-electron chi connectivity index (χ2n) is 7.03. The van der Waals surface area contributed by atoms with Gasteiger partial charge in [-0.1, -0.05) is 12.1 Å². The lowest BCUT2D eigenvalue weighted by molar-refractivity contribution is 0.207. The minimum absolute atomic E-state index is 0.0576. The second-order valence-corrected chi connectivity index (χ2v) is 9.64. The van der Waals surface area contributed by atoms with E-state index in [1.54, 1.807) is 24.2 Å². The molecule has 0 spiro atoms. The number of nitrogens with one attached hydrogen (secondary N) is 1. The molecule has 2 heterocycles. The quantitative estimate of drug-likeness (QED) is 0.494. The van der Waals surface area contributed by atoms with Crippen LogP contribution in [0.3, 0.4) is 0 Å². The van der Waals surface area contributed by atoms with Crippen molar-refractivity contribution in [1.82, 2.24) is 9.88 Å². The molecule has 2 unspecified atom stereocenters. The van der Waals surface area contributed by atoms with E-state index in [1.165, 1.54) is 0 Å². The van der Waals surface area contributed by atoms with Crippen LogP contribution in [0.15, 0.2) is 53.7 Å². The topological polar surface area (TPSA) is 45.2 Å². The van der Waals surface area contributed by atoms with Crippen LogP contribution in [0.1, 0.15) is 30.9 Å². The van der Waals surface area contributed by atoms with E-state index >= 15 is 0 Å². The number of carbonyl (C=O) groups excluding carboxylic acids is 1. The molecule has 2 atom stereocenters. The molecule has 0 radical (unpaired) electrons. The smallest absolute Gasteiger partial charge is 0.317 e. The largest absolute Gasteiger partial charge is 0.322 e. The third-order valence-corrected chi connectivity index (χ3v) is 7.29. The number of thioether (sulfide) groups is 1. The van der Waals surface area contributed by atoms with Gasteiger partial charge in [-0.3, -0.25) is 4.98 Å². The zero-order chi connectivity index (χ0) is 18.9. The summed E-state index contributed by atoms with van der Waals surface area (Å²) in [5.41, 5.74) is 1.97. The lowest BCUT2D eigenvalue weighted by atomic mass is 10.1. The predicted molar refractivity (Wildman–Crippen MR) is 112 cm³/mol. The van der Waals surface area contributed by atoms with Crippen molar-refractivity contribution in [3.8, 4) is 0 Å². The molecule has 1 aromatic heterocycles. The number of amides is 2. The molecule has 4 nitrogen and oxygen atoms in total. The van der Waals surface area contributed by atoms with Gasteiger partial charge in [0.1, 0.15) is 4.33 Å². The molecular weight excluding hydrogens is 401 g/mol. The molecule has 7 heteroatoms. The first-order chi connectivity index (χ1) is 13.0. The van der Waals surface area contributed by atoms with Gasteiger partial charge in [-0.15, -0.1) is 35.0 Å². The van der Waals surface area contributed by atoms with Gasteiger partial charge < -0.3 is 10.2 Å². The Morgan fingerprint density at radius 2 is 2.00 bits per heavy atom. The zero-order valence-electron chi connectivity index (χ0n) is 14.8. The number of nitrogens with zero attached hydrogens (tertiary/aromatic N) is 2. The molecule has 27 heavy (non-hydrogen) atoms. The first kappa shape index (κ1) is 18.9. The molecule has 1 saturated heterocycles. The predicted octanol–water partition coefficient (Wildman–Crippen LogP) is 5.74. The monoisotopic (exact) mass is 421 g/mol. The molecule has 2 amide bonds. The summed E-state index contributed by atoms with van der Waals surface area (Å²) in [6.07, 6.45) is 6.37. The Morgan fingerprint density at radius 1 is 1.26 bits per heavy atom. The minimum Gasteiger partial charge on any atom is -0.317 e. The number of urea groups is 1. The van der Waals surface area contributed by atoms with E-state index in [-0.39, 0.29) is 12.1 Å². The van der Waals surface area contributed by atoms with E-state index in [1.807, 2.05) is 41.3 Å². The van der Waals surface area contributed by atoms with E-state index < -0.39 is 4.33 Å². The maximum Gasteiger partial charge on any atom is 0.322 e. The fourth-order valence-electron chi connectivity index (χ4n) is 3.47. The van der Waals surface area contributed by atoms with Gasteiger partial charge in [0, 0.05) is 35.5 Å². The highest BCUT2D eigenvalue weighted by Gasteiger charge is 2.51. The van der Waals surface area contributed by atoms with E-state index in [0.717, 1.165) is 47.7 Å². The van der Waals surface area contributed by atoms with Gasteiger partial charge in [0.25, 0.3) is 0 Å². The Balaban J connectivity index is 1.43. The van der Waals surface area contributed by atoms with Gasteiger partial charge in [0.05, 0.1) is 11.7 Å². The van der Waals surface area contributed by atoms with E-state index in [0.29, 0.717) is 5.92 Å². The Bertz CT molecular complexity index is 818. The van der Waals surface area contributed by atoms with Crippen molar-refractivity contribution < 1.29 is 4.79 Å². The zero-order valence-corrected chi connectivity index (χ0v) is 17.1. The number of hydrogen-bond acceptors (Lipinski definition) is 3. The molecule has 2 aromatic rings. The van der Waals surface area contributed by atoms with Crippen LogP contribution in [0, 0.1) is 5.92 Å². The number of halogens is 2. The summed E-state index contributed by atoms with van der Waals surface area (Å²) >= 11 is 13.9. The van der Waals surface area contributed by atoms with Crippen LogP contribution in [-0.2, 0) is 0 Å². The van der Waals surface area contributed by atoms with E-state index in [9.17, 15) is 4.79 Å². The number of pyridine rings is 1. The molecular formula is C20H21Cl2N3OS. The van der Waals surface area contributed by atoms with Crippen LogP contribution < -0.4 is 5.32 Å². The SMILES string of the molecule is O=C(Nc1ccccc1SCC1CC1(Cl)Cl)N1CCCC1c1ccncc1. The van der Waals surface area contributed by atoms with Crippen LogP contribution in [0.4, 0.5) is 10.5 Å². The molecule has 1 aliphatic heterocycles. The van der Waals surface area contributed by atoms with Gasteiger partial charge in [-0.2, -0.15) is 0 Å². The summed E-state index contributed by atoms with van der Waals surface area (Å²) in [7, 11) is 0. The van der Waals surface area contributed by atoms with Gasteiger partial charge in [-0.05, 0) is 49.1 Å². The Morgan fingerprint density at radius 3 is 2.74 bits per heavy atom. The van der Waals surface area contributed by atoms with Crippen molar-refractivity contribution >= 4 is 46.7 Å². The highest BCUT2D eigenvalue weighted by atomic mass is 35.5. The van der Waals surface area contributed by atoms with Gasteiger partial charge in [0.2, 0.25) is 0 Å². The van der Waals surface area contributed by atoms with E-state index in [4.69, 9.17) is 23.2 Å². The fourth-order valence-corrected chi connectivity index (χ4v) is 5.41. The number of alkyl halides is 2. The Hall–Kier alpha value is -1.43. The standard InChI is InChI=1S/C20H21Cl2N3OS/c21-20(22)12-15(20)13-27-18-6-2-1-4-16(18)24-19(26)25-11-3-5-17(25)14-7-9-23-10-8-14/h1-2,4,6-10,15,17H,3,5,11-13H2,(H,24,26). The summed E-state index contributed by atoms with van der Waals surface area (Å²) in [6, 6.07) is 11.9.